The molecule has 1 rings (SSSR count). The fraction of sp³-hybridized carbons (Fsp3) is 0.818. The summed E-state index contributed by atoms with van der Waals surface area (Å²) in [6.45, 7) is 6.16. The molecule has 0 spiro atoms. The number of carbonyl (C=O) groups excluding carboxylic acids is 1. The quantitative estimate of drug-likeness (QED) is 0.698. The highest BCUT2D eigenvalue weighted by atomic mass is 16.1. The lowest BCUT2D eigenvalue weighted by molar-refractivity contribution is -0.126. The fourth-order valence-electron chi connectivity index (χ4n) is 1.86. The van der Waals surface area contributed by atoms with E-state index in [2.05, 4.69) is 16.3 Å². The van der Waals surface area contributed by atoms with Crippen molar-refractivity contribution >= 4 is 5.91 Å². The number of nitrogens with zero attached hydrogens (tertiary/aromatic N) is 2. The lowest BCUT2D eigenvalue weighted by Gasteiger charge is -2.29. The zero-order valence-corrected chi connectivity index (χ0v) is 9.49. The zero-order chi connectivity index (χ0) is 11.3. The average molecular weight is 209 g/mol. The van der Waals surface area contributed by atoms with Crippen LogP contribution in [0.2, 0.25) is 0 Å². The van der Waals surface area contributed by atoms with Gasteiger partial charge in [0, 0.05) is 12.0 Å². The monoisotopic (exact) mass is 209 g/mol. The van der Waals surface area contributed by atoms with Gasteiger partial charge in [-0.15, -0.1) is 0 Å². The number of nitrogens with one attached hydrogen (secondary N) is 1. The molecule has 84 valence electrons. The van der Waals surface area contributed by atoms with Gasteiger partial charge in [-0.1, -0.05) is 0 Å². The van der Waals surface area contributed by atoms with E-state index in [1.807, 2.05) is 13.8 Å². The van der Waals surface area contributed by atoms with Crippen molar-refractivity contribution in [2.45, 2.75) is 32.7 Å². The Kier molecular flexibility index (Phi) is 4.57. The molecule has 1 amide bonds. The lowest BCUT2D eigenvalue weighted by atomic mass is 9.96. The molecule has 15 heavy (non-hydrogen) atoms. The number of carbonyl (C=O) groups is 1. The third-order valence-electron chi connectivity index (χ3n) is 2.68. The van der Waals surface area contributed by atoms with Gasteiger partial charge in [0.25, 0.3) is 0 Å². The number of hydrogen-bond acceptors (Lipinski definition) is 3. The molecule has 1 fully saturated rings. The third-order valence-corrected chi connectivity index (χ3v) is 2.68. The van der Waals surface area contributed by atoms with Gasteiger partial charge in [0.1, 0.15) is 0 Å². The van der Waals surface area contributed by atoms with E-state index in [1.165, 1.54) is 0 Å². The molecule has 1 aliphatic heterocycles. The maximum absolute atomic E-state index is 11.7. The van der Waals surface area contributed by atoms with E-state index in [-0.39, 0.29) is 17.9 Å². The van der Waals surface area contributed by atoms with Crippen molar-refractivity contribution in [3.63, 3.8) is 0 Å². The molecule has 0 radical (unpaired) electrons. The molecule has 0 bridgehead atoms. The molecule has 0 aromatic rings. The number of likely N-dealkylation sites (tertiary alicyclic amines) is 1. The Hall–Kier alpha value is -1.08. The highest BCUT2D eigenvalue weighted by Crippen LogP contribution is 2.16. The van der Waals surface area contributed by atoms with E-state index in [0.29, 0.717) is 6.54 Å². The summed E-state index contributed by atoms with van der Waals surface area (Å²) in [5.74, 6) is 0.309. The summed E-state index contributed by atoms with van der Waals surface area (Å²) in [7, 11) is 0. The summed E-state index contributed by atoms with van der Waals surface area (Å²) in [4.78, 5) is 13.8. The topological polar surface area (TPSA) is 56.1 Å². The van der Waals surface area contributed by atoms with Crippen LogP contribution in [-0.4, -0.2) is 36.5 Å². The second kappa shape index (κ2) is 5.72. The first-order valence-electron chi connectivity index (χ1n) is 5.53. The normalized spacial score (nSPS) is 18.8. The van der Waals surface area contributed by atoms with E-state index in [0.717, 1.165) is 25.9 Å². The van der Waals surface area contributed by atoms with Gasteiger partial charge < -0.3 is 5.32 Å². The Morgan fingerprint density at radius 2 is 2.13 bits per heavy atom. The van der Waals surface area contributed by atoms with Crippen LogP contribution < -0.4 is 5.32 Å². The zero-order valence-electron chi connectivity index (χ0n) is 9.49. The van der Waals surface area contributed by atoms with Crippen LogP contribution in [0.5, 0.6) is 0 Å². The molecular formula is C11H19N3O. The SMILES string of the molecule is CC(C)NC(=O)C1CCN(CC#N)CC1. The van der Waals surface area contributed by atoms with Crippen molar-refractivity contribution in [1.82, 2.24) is 10.2 Å². The Bertz CT molecular complexity index is 249. The summed E-state index contributed by atoms with van der Waals surface area (Å²) in [5.41, 5.74) is 0. The fourth-order valence-corrected chi connectivity index (χ4v) is 1.86. The summed E-state index contributed by atoms with van der Waals surface area (Å²) >= 11 is 0. The van der Waals surface area contributed by atoms with E-state index in [4.69, 9.17) is 5.26 Å². The molecule has 0 aromatic heterocycles. The van der Waals surface area contributed by atoms with Crippen LogP contribution in [0.25, 0.3) is 0 Å². The maximum atomic E-state index is 11.7. The Balaban J connectivity index is 2.31. The molecule has 0 saturated carbocycles. The molecule has 1 heterocycles. The first-order valence-corrected chi connectivity index (χ1v) is 5.53. The number of nitriles is 1. The summed E-state index contributed by atoms with van der Waals surface area (Å²) in [6.07, 6.45) is 1.75. The van der Waals surface area contributed by atoms with Crippen molar-refractivity contribution in [3.8, 4) is 6.07 Å². The third kappa shape index (κ3) is 3.88. The maximum Gasteiger partial charge on any atom is 0.223 e. The van der Waals surface area contributed by atoms with Gasteiger partial charge in [-0.25, -0.2) is 0 Å². The lowest BCUT2D eigenvalue weighted by Crippen LogP contribution is -2.42. The first kappa shape index (κ1) is 12.0. The summed E-state index contributed by atoms with van der Waals surface area (Å²) < 4.78 is 0. The van der Waals surface area contributed by atoms with Crippen molar-refractivity contribution in [1.29, 1.82) is 5.26 Å². The molecule has 1 saturated heterocycles. The van der Waals surface area contributed by atoms with Gasteiger partial charge in [-0.3, -0.25) is 9.69 Å². The van der Waals surface area contributed by atoms with Crippen LogP contribution in [-0.2, 0) is 4.79 Å². The van der Waals surface area contributed by atoms with Gasteiger partial charge in [0.05, 0.1) is 12.6 Å². The molecule has 0 unspecified atom stereocenters. The average Bonchev–Trinajstić information content (AvgIpc) is 2.18. The van der Waals surface area contributed by atoms with E-state index in [9.17, 15) is 4.79 Å². The number of piperidine rings is 1. The van der Waals surface area contributed by atoms with Crippen LogP contribution in [0.1, 0.15) is 26.7 Å². The van der Waals surface area contributed by atoms with Gasteiger partial charge in [-0.2, -0.15) is 5.26 Å². The van der Waals surface area contributed by atoms with Crippen molar-refractivity contribution in [2.75, 3.05) is 19.6 Å². The van der Waals surface area contributed by atoms with E-state index >= 15 is 0 Å². The predicted octanol–water partition coefficient (Wildman–Crippen LogP) is 0.747. The largest absolute Gasteiger partial charge is 0.354 e. The standard InChI is InChI=1S/C11H19N3O/c1-9(2)13-11(15)10-3-6-14(7-4-10)8-5-12/h9-10H,3-4,6-8H2,1-2H3,(H,13,15). The van der Waals surface area contributed by atoms with Crippen LogP contribution in [0.4, 0.5) is 0 Å². The molecule has 1 aliphatic rings. The smallest absolute Gasteiger partial charge is 0.223 e. The second-order valence-electron chi connectivity index (χ2n) is 4.37. The van der Waals surface area contributed by atoms with Gasteiger partial charge in [0.2, 0.25) is 5.91 Å². The van der Waals surface area contributed by atoms with Gasteiger partial charge >= 0.3 is 0 Å². The Morgan fingerprint density at radius 3 is 2.60 bits per heavy atom. The first-order chi connectivity index (χ1) is 7.13. The Morgan fingerprint density at radius 1 is 1.53 bits per heavy atom. The molecule has 0 aliphatic carbocycles. The van der Waals surface area contributed by atoms with E-state index < -0.39 is 0 Å². The summed E-state index contributed by atoms with van der Waals surface area (Å²) in [5, 5.41) is 11.5. The minimum Gasteiger partial charge on any atom is -0.354 e. The van der Waals surface area contributed by atoms with Crippen molar-refractivity contribution < 1.29 is 4.79 Å². The van der Waals surface area contributed by atoms with Crippen LogP contribution in [0.3, 0.4) is 0 Å². The van der Waals surface area contributed by atoms with Gasteiger partial charge in [0.15, 0.2) is 0 Å². The number of hydrogen-bond donors (Lipinski definition) is 1. The van der Waals surface area contributed by atoms with Crippen LogP contribution in [0, 0.1) is 17.2 Å². The molecular weight excluding hydrogens is 190 g/mol. The minimum atomic E-state index is 0.141. The highest BCUT2D eigenvalue weighted by Gasteiger charge is 2.24. The molecule has 1 N–H and O–H groups in total. The highest BCUT2D eigenvalue weighted by molar-refractivity contribution is 5.78. The molecule has 4 heteroatoms. The van der Waals surface area contributed by atoms with Gasteiger partial charge in [-0.05, 0) is 39.8 Å². The van der Waals surface area contributed by atoms with Crippen molar-refractivity contribution in [3.05, 3.63) is 0 Å². The molecule has 0 aromatic carbocycles. The van der Waals surface area contributed by atoms with Crippen molar-refractivity contribution in [2.24, 2.45) is 5.92 Å². The predicted molar refractivity (Wildman–Crippen MR) is 58.1 cm³/mol. The number of amides is 1. The van der Waals surface area contributed by atoms with Crippen LogP contribution >= 0.6 is 0 Å². The van der Waals surface area contributed by atoms with Crippen LogP contribution in [0.15, 0.2) is 0 Å². The molecule has 0 atom stereocenters. The Labute approximate surface area is 91.2 Å². The second-order valence-corrected chi connectivity index (χ2v) is 4.37. The minimum absolute atomic E-state index is 0.141. The molecule has 4 nitrogen and oxygen atoms in total. The summed E-state index contributed by atoms with van der Waals surface area (Å²) in [6, 6.07) is 2.36. The number of rotatable bonds is 3. The van der Waals surface area contributed by atoms with E-state index in [1.54, 1.807) is 0 Å².